The van der Waals surface area contributed by atoms with E-state index in [0.29, 0.717) is 0 Å². The van der Waals surface area contributed by atoms with Crippen molar-refractivity contribution in [3.63, 3.8) is 0 Å². The van der Waals surface area contributed by atoms with Gasteiger partial charge >= 0.3 is 0 Å². The van der Waals surface area contributed by atoms with Gasteiger partial charge in [-0.05, 0) is 6.55 Å². The van der Waals surface area contributed by atoms with Crippen LogP contribution in [0.25, 0.3) is 0 Å². The van der Waals surface area contributed by atoms with E-state index in [9.17, 15) is 0 Å². The first-order chi connectivity index (χ1) is 3.72. The molecule has 45 valence electrons. The van der Waals surface area contributed by atoms with E-state index in [2.05, 4.69) is 13.2 Å². The molecular formula is C6H11OSi. The predicted molar refractivity (Wildman–Crippen MR) is 38.0 cm³/mol. The molecule has 0 unspecified atom stereocenters. The van der Waals surface area contributed by atoms with Crippen molar-refractivity contribution in [2.75, 3.05) is 0 Å². The molecule has 0 atom stereocenters. The van der Waals surface area contributed by atoms with E-state index in [0.717, 1.165) is 0 Å². The van der Waals surface area contributed by atoms with Crippen LogP contribution in [-0.4, -0.2) is 13.8 Å². The van der Waals surface area contributed by atoms with Gasteiger partial charge in [0.05, 0.1) is 0 Å². The highest BCUT2D eigenvalue weighted by Gasteiger charge is 2.07. The number of hydrogen-bond donors (Lipinski definition) is 1. The van der Waals surface area contributed by atoms with Gasteiger partial charge in [0.1, 0.15) is 0 Å². The Balaban J connectivity index is 3.68. The number of rotatable bonds is 3. The first-order valence-corrected chi connectivity index (χ1v) is 4.52. The quantitative estimate of drug-likeness (QED) is 0.448. The molecule has 8 heavy (non-hydrogen) atoms. The highest BCUT2D eigenvalue weighted by Crippen LogP contribution is 2.08. The molecule has 0 heterocycles. The summed E-state index contributed by atoms with van der Waals surface area (Å²) in [6.07, 6.45) is 3.45. The SMILES string of the molecule is C=CC(C=C)[Si](C)O. The minimum absolute atomic E-state index is 0.139. The molecule has 0 aliphatic heterocycles. The largest absolute Gasteiger partial charge is 0.431 e. The van der Waals surface area contributed by atoms with Crippen LogP contribution in [0, 0.1) is 0 Å². The molecule has 0 bridgehead atoms. The highest BCUT2D eigenvalue weighted by molar-refractivity contribution is 6.51. The fraction of sp³-hybridized carbons (Fsp3) is 0.333. The van der Waals surface area contributed by atoms with Gasteiger partial charge in [0, 0.05) is 5.54 Å². The first-order valence-electron chi connectivity index (χ1n) is 2.50. The van der Waals surface area contributed by atoms with Gasteiger partial charge in [-0.2, -0.15) is 0 Å². The lowest BCUT2D eigenvalue weighted by atomic mass is 10.4. The maximum Gasteiger partial charge on any atom is 0.214 e. The summed E-state index contributed by atoms with van der Waals surface area (Å²) in [5.41, 5.74) is 0.139. The molecule has 0 saturated carbocycles. The molecular weight excluding hydrogens is 116 g/mol. The van der Waals surface area contributed by atoms with Gasteiger partial charge in [0.2, 0.25) is 9.04 Å². The smallest absolute Gasteiger partial charge is 0.214 e. The van der Waals surface area contributed by atoms with Crippen LogP contribution in [0.4, 0.5) is 0 Å². The van der Waals surface area contributed by atoms with Gasteiger partial charge < -0.3 is 4.80 Å². The first kappa shape index (κ1) is 7.66. The van der Waals surface area contributed by atoms with Gasteiger partial charge in [-0.3, -0.25) is 0 Å². The summed E-state index contributed by atoms with van der Waals surface area (Å²) in [4.78, 5) is 8.97. The zero-order valence-electron chi connectivity index (χ0n) is 5.09. The Morgan fingerprint density at radius 1 is 1.50 bits per heavy atom. The fourth-order valence-electron chi connectivity index (χ4n) is 0.437. The standard InChI is InChI=1S/C6H11OSi/c1-4-6(5-2)8(3)7/h4-7H,1-2H2,3H3. The van der Waals surface area contributed by atoms with Crippen LogP contribution in [-0.2, 0) is 0 Å². The Labute approximate surface area is 52.1 Å². The van der Waals surface area contributed by atoms with Crippen molar-refractivity contribution in [3.8, 4) is 0 Å². The van der Waals surface area contributed by atoms with Gasteiger partial charge in [0.25, 0.3) is 0 Å². The summed E-state index contributed by atoms with van der Waals surface area (Å²) < 4.78 is 0. The third-order valence-corrected chi connectivity index (χ3v) is 2.43. The topological polar surface area (TPSA) is 20.2 Å². The average molecular weight is 127 g/mol. The van der Waals surface area contributed by atoms with E-state index in [1.54, 1.807) is 12.2 Å². The molecule has 0 aliphatic rings. The average Bonchev–Trinajstić information content (AvgIpc) is 1.69. The maximum absolute atomic E-state index is 8.97. The second kappa shape index (κ2) is 3.63. The molecule has 0 amide bonds. The maximum atomic E-state index is 8.97. The number of allylic oxidation sites excluding steroid dienone is 2. The molecule has 0 aromatic heterocycles. The zero-order valence-corrected chi connectivity index (χ0v) is 6.09. The summed E-state index contributed by atoms with van der Waals surface area (Å²) >= 11 is 0. The Morgan fingerprint density at radius 2 is 1.88 bits per heavy atom. The van der Waals surface area contributed by atoms with Crippen LogP contribution in [0.5, 0.6) is 0 Å². The van der Waals surface area contributed by atoms with Crippen LogP contribution in [0.2, 0.25) is 12.1 Å². The molecule has 0 aromatic rings. The summed E-state index contributed by atoms with van der Waals surface area (Å²) in [6.45, 7) is 8.91. The molecule has 0 aromatic carbocycles. The Bertz CT molecular complexity index is 80.5. The third kappa shape index (κ3) is 2.09. The van der Waals surface area contributed by atoms with E-state index in [-0.39, 0.29) is 5.54 Å². The van der Waals surface area contributed by atoms with E-state index in [4.69, 9.17) is 4.80 Å². The van der Waals surface area contributed by atoms with Crippen LogP contribution in [0.3, 0.4) is 0 Å². The van der Waals surface area contributed by atoms with Crippen molar-refractivity contribution in [1.29, 1.82) is 0 Å². The van der Waals surface area contributed by atoms with Gasteiger partial charge in [0.15, 0.2) is 0 Å². The van der Waals surface area contributed by atoms with Crippen molar-refractivity contribution < 1.29 is 4.80 Å². The molecule has 2 heteroatoms. The van der Waals surface area contributed by atoms with Crippen molar-refractivity contribution in [2.24, 2.45) is 0 Å². The van der Waals surface area contributed by atoms with E-state index in [1.165, 1.54) is 0 Å². The highest BCUT2D eigenvalue weighted by atomic mass is 28.3. The van der Waals surface area contributed by atoms with Gasteiger partial charge in [-0.25, -0.2) is 0 Å². The Hall–Kier alpha value is -0.343. The predicted octanol–water partition coefficient (Wildman–Crippen LogP) is 1.34. The number of hydrogen-bond acceptors (Lipinski definition) is 1. The van der Waals surface area contributed by atoms with Crippen molar-refractivity contribution in [2.45, 2.75) is 12.1 Å². The lowest BCUT2D eigenvalue weighted by Gasteiger charge is -2.04. The van der Waals surface area contributed by atoms with E-state index in [1.807, 2.05) is 6.55 Å². The fourth-order valence-corrected chi connectivity index (χ4v) is 1.12. The molecule has 1 nitrogen and oxygen atoms in total. The lowest BCUT2D eigenvalue weighted by Crippen LogP contribution is -2.11. The van der Waals surface area contributed by atoms with Crippen molar-refractivity contribution >= 4 is 9.04 Å². The Morgan fingerprint density at radius 3 is 1.88 bits per heavy atom. The lowest BCUT2D eigenvalue weighted by molar-refractivity contribution is 0.574. The molecule has 0 spiro atoms. The minimum atomic E-state index is -1.21. The molecule has 0 saturated heterocycles. The zero-order chi connectivity index (χ0) is 6.57. The second-order valence-corrected chi connectivity index (χ2v) is 3.59. The molecule has 0 rings (SSSR count). The second-order valence-electron chi connectivity index (χ2n) is 1.64. The van der Waals surface area contributed by atoms with Crippen LogP contribution in [0.1, 0.15) is 0 Å². The molecule has 0 aliphatic carbocycles. The summed E-state index contributed by atoms with van der Waals surface area (Å²) in [5, 5.41) is 0. The molecule has 1 N–H and O–H groups in total. The van der Waals surface area contributed by atoms with Crippen molar-refractivity contribution in [1.82, 2.24) is 0 Å². The normalized spacial score (nSPS) is 10.0. The summed E-state index contributed by atoms with van der Waals surface area (Å²) in [6, 6.07) is 0. The van der Waals surface area contributed by atoms with Gasteiger partial charge in [-0.1, -0.05) is 12.2 Å². The molecule has 1 radical (unpaired) electrons. The van der Waals surface area contributed by atoms with Crippen molar-refractivity contribution in [3.05, 3.63) is 25.3 Å². The van der Waals surface area contributed by atoms with E-state index >= 15 is 0 Å². The van der Waals surface area contributed by atoms with Crippen LogP contribution < -0.4 is 0 Å². The van der Waals surface area contributed by atoms with Crippen LogP contribution >= 0.6 is 0 Å². The Kier molecular flexibility index (Phi) is 3.48. The van der Waals surface area contributed by atoms with Crippen LogP contribution in [0.15, 0.2) is 25.3 Å². The third-order valence-electron chi connectivity index (χ3n) is 0.990. The summed E-state index contributed by atoms with van der Waals surface area (Å²) in [7, 11) is -1.21. The monoisotopic (exact) mass is 127 g/mol. The minimum Gasteiger partial charge on any atom is -0.431 e. The molecule has 0 fully saturated rings. The van der Waals surface area contributed by atoms with Gasteiger partial charge in [-0.15, -0.1) is 13.2 Å². The van der Waals surface area contributed by atoms with E-state index < -0.39 is 9.04 Å². The summed E-state index contributed by atoms with van der Waals surface area (Å²) in [5.74, 6) is 0.